The van der Waals surface area contributed by atoms with Crippen molar-refractivity contribution in [2.75, 3.05) is 5.43 Å². The van der Waals surface area contributed by atoms with E-state index in [9.17, 15) is 10.1 Å². The minimum Gasteiger partial charge on any atom is -0.258 e. The summed E-state index contributed by atoms with van der Waals surface area (Å²) in [5.74, 6) is 0. The maximum Gasteiger partial charge on any atom is 0.270 e. The topological polar surface area (TPSA) is 93.3 Å². The molecule has 0 radical (unpaired) electrons. The maximum absolute atomic E-state index is 10.6. The lowest BCUT2D eigenvalue weighted by Crippen LogP contribution is -1.92. The highest BCUT2D eigenvalue weighted by atomic mass is 32.1. The second-order valence-electron chi connectivity index (χ2n) is 3.35. The molecule has 0 unspecified atom stereocenters. The number of aromatic nitrogens is 2. The smallest absolute Gasteiger partial charge is 0.258 e. The SMILES string of the molecule is Cc1nnc(N/N=C/c2cccc([N+](=O)[O-])c2)s1. The van der Waals surface area contributed by atoms with Crippen LogP contribution in [0.15, 0.2) is 29.4 Å². The van der Waals surface area contributed by atoms with Gasteiger partial charge in [0.05, 0.1) is 11.1 Å². The second kappa shape index (κ2) is 5.32. The van der Waals surface area contributed by atoms with Crippen LogP contribution in [0, 0.1) is 17.0 Å². The number of hydrazone groups is 1. The summed E-state index contributed by atoms with van der Waals surface area (Å²) in [6.07, 6.45) is 1.49. The van der Waals surface area contributed by atoms with E-state index in [1.54, 1.807) is 12.1 Å². The summed E-state index contributed by atoms with van der Waals surface area (Å²) < 4.78 is 0. The monoisotopic (exact) mass is 263 g/mol. The number of nitro benzene ring substituents is 1. The summed E-state index contributed by atoms with van der Waals surface area (Å²) in [4.78, 5) is 10.1. The summed E-state index contributed by atoms with van der Waals surface area (Å²) >= 11 is 1.38. The predicted octanol–water partition coefficient (Wildman–Crippen LogP) is 2.20. The molecule has 92 valence electrons. The summed E-state index contributed by atoms with van der Waals surface area (Å²) in [5.41, 5.74) is 3.38. The summed E-state index contributed by atoms with van der Waals surface area (Å²) in [6.45, 7) is 1.84. The highest BCUT2D eigenvalue weighted by molar-refractivity contribution is 7.15. The van der Waals surface area contributed by atoms with Gasteiger partial charge >= 0.3 is 0 Å². The van der Waals surface area contributed by atoms with Crippen LogP contribution in [0.2, 0.25) is 0 Å². The van der Waals surface area contributed by atoms with Crippen LogP contribution in [0.25, 0.3) is 0 Å². The number of nitrogens with zero attached hydrogens (tertiary/aromatic N) is 4. The molecule has 8 heteroatoms. The Hall–Kier alpha value is -2.35. The molecule has 2 aromatic rings. The van der Waals surface area contributed by atoms with Crippen molar-refractivity contribution in [2.45, 2.75) is 6.92 Å². The van der Waals surface area contributed by atoms with Crippen molar-refractivity contribution in [1.29, 1.82) is 0 Å². The van der Waals surface area contributed by atoms with Gasteiger partial charge in [-0.15, -0.1) is 10.2 Å². The highest BCUT2D eigenvalue weighted by Crippen LogP contribution is 2.14. The Labute approximate surface area is 106 Å². The van der Waals surface area contributed by atoms with Crippen LogP contribution in [-0.4, -0.2) is 21.3 Å². The predicted molar refractivity (Wildman–Crippen MR) is 69.0 cm³/mol. The van der Waals surface area contributed by atoms with Gasteiger partial charge in [0.15, 0.2) is 0 Å². The number of aryl methyl sites for hydroxylation is 1. The molecule has 0 atom stereocenters. The first kappa shape index (κ1) is 12.1. The van der Waals surface area contributed by atoms with E-state index >= 15 is 0 Å². The Kier molecular flexibility index (Phi) is 3.58. The standard InChI is InChI=1S/C10H9N5O2S/c1-7-12-14-10(18-7)13-11-6-8-3-2-4-9(5-8)15(16)17/h2-6H,1H3,(H,13,14)/b11-6+. The molecule has 0 bridgehead atoms. The van der Waals surface area contributed by atoms with Crippen LogP contribution in [-0.2, 0) is 0 Å². The number of nitro groups is 1. The van der Waals surface area contributed by atoms with E-state index in [2.05, 4.69) is 20.7 Å². The minimum absolute atomic E-state index is 0.0331. The first-order chi connectivity index (χ1) is 8.65. The van der Waals surface area contributed by atoms with E-state index in [1.807, 2.05) is 6.92 Å². The third-order valence-corrected chi connectivity index (χ3v) is 2.72. The van der Waals surface area contributed by atoms with Crippen LogP contribution < -0.4 is 5.43 Å². The van der Waals surface area contributed by atoms with E-state index in [4.69, 9.17) is 0 Å². The summed E-state index contributed by atoms with van der Waals surface area (Å²) in [7, 11) is 0. The molecule has 0 fully saturated rings. The lowest BCUT2D eigenvalue weighted by atomic mass is 10.2. The average Bonchev–Trinajstić information content (AvgIpc) is 2.75. The van der Waals surface area contributed by atoms with Gasteiger partial charge in [-0.3, -0.25) is 15.5 Å². The number of nitrogens with one attached hydrogen (secondary N) is 1. The molecular weight excluding hydrogens is 254 g/mol. The first-order valence-corrected chi connectivity index (χ1v) is 5.80. The van der Waals surface area contributed by atoms with Crippen molar-refractivity contribution in [3.8, 4) is 0 Å². The summed E-state index contributed by atoms with van der Waals surface area (Å²) in [6, 6.07) is 6.20. The molecular formula is C10H9N5O2S. The van der Waals surface area contributed by atoms with Crippen molar-refractivity contribution < 1.29 is 4.92 Å². The number of rotatable bonds is 4. The van der Waals surface area contributed by atoms with E-state index in [-0.39, 0.29) is 5.69 Å². The van der Waals surface area contributed by atoms with Crippen molar-refractivity contribution in [1.82, 2.24) is 10.2 Å². The van der Waals surface area contributed by atoms with E-state index in [1.165, 1.54) is 29.7 Å². The molecule has 0 saturated heterocycles. The van der Waals surface area contributed by atoms with Gasteiger partial charge in [0.1, 0.15) is 5.01 Å². The number of hydrogen-bond acceptors (Lipinski definition) is 7. The van der Waals surface area contributed by atoms with Gasteiger partial charge in [0.2, 0.25) is 5.13 Å². The zero-order valence-corrected chi connectivity index (χ0v) is 10.2. The van der Waals surface area contributed by atoms with Crippen LogP contribution >= 0.6 is 11.3 Å². The Morgan fingerprint density at radius 2 is 2.33 bits per heavy atom. The number of non-ortho nitro benzene ring substituents is 1. The fourth-order valence-electron chi connectivity index (χ4n) is 1.22. The molecule has 2 rings (SSSR count). The molecule has 0 amide bonds. The molecule has 1 aromatic heterocycles. The van der Waals surface area contributed by atoms with E-state index < -0.39 is 4.92 Å². The number of benzene rings is 1. The van der Waals surface area contributed by atoms with Gasteiger partial charge in [0.25, 0.3) is 5.69 Å². The normalized spacial score (nSPS) is 10.7. The van der Waals surface area contributed by atoms with Crippen molar-refractivity contribution >= 4 is 28.4 Å². The van der Waals surface area contributed by atoms with E-state index in [0.717, 1.165) is 5.01 Å². The van der Waals surface area contributed by atoms with Gasteiger partial charge in [-0.05, 0) is 6.92 Å². The van der Waals surface area contributed by atoms with Crippen LogP contribution in [0.5, 0.6) is 0 Å². The first-order valence-electron chi connectivity index (χ1n) is 4.99. The third kappa shape index (κ3) is 3.08. The molecule has 0 aliphatic carbocycles. The zero-order valence-electron chi connectivity index (χ0n) is 9.40. The van der Waals surface area contributed by atoms with Gasteiger partial charge in [0, 0.05) is 17.7 Å². The molecule has 1 heterocycles. The zero-order chi connectivity index (χ0) is 13.0. The quantitative estimate of drug-likeness (QED) is 0.518. The summed E-state index contributed by atoms with van der Waals surface area (Å²) in [5, 5.41) is 23.6. The number of anilines is 1. The molecule has 18 heavy (non-hydrogen) atoms. The molecule has 0 spiro atoms. The largest absolute Gasteiger partial charge is 0.270 e. The average molecular weight is 263 g/mol. The Bertz CT molecular complexity index is 595. The van der Waals surface area contributed by atoms with Gasteiger partial charge in [-0.1, -0.05) is 23.5 Å². The van der Waals surface area contributed by atoms with Crippen molar-refractivity contribution in [3.05, 3.63) is 45.0 Å². The minimum atomic E-state index is -0.446. The fourth-order valence-corrected chi connectivity index (χ4v) is 1.76. The molecule has 1 N–H and O–H groups in total. The van der Waals surface area contributed by atoms with Crippen molar-refractivity contribution in [3.63, 3.8) is 0 Å². The lowest BCUT2D eigenvalue weighted by Gasteiger charge is -1.94. The van der Waals surface area contributed by atoms with Crippen molar-refractivity contribution in [2.24, 2.45) is 5.10 Å². The number of hydrogen-bond donors (Lipinski definition) is 1. The molecule has 7 nitrogen and oxygen atoms in total. The van der Waals surface area contributed by atoms with Gasteiger partial charge in [-0.25, -0.2) is 0 Å². The van der Waals surface area contributed by atoms with Gasteiger partial charge in [-0.2, -0.15) is 5.10 Å². The van der Waals surface area contributed by atoms with Crippen LogP contribution in [0.3, 0.4) is 0 Å². The van der Waals surface area contributed by atoms with Crippen LogP contribution in [0.4, 0.5) is 10.8 Å². The maximum atomic E-state index is 10.6. The molecule has 0 aliphatic heterocycles. The Morgan fingerprint density at radius 3 is 3.00 bits per heavy atom. The van der Waals surface area contributed by atoms with E-state index in [0.29, 0.717) is 10.7 Å². The van der Waals surface area contributed by atoms with Crippen LogP contribution in [0.1, 0.15) is 10.6 Å². The molecule has 0 saturated carbocycles. The molecule has 1 aromatic carbocycles. The Morgan fingerprint density at radius 1 is 1.50 bits per heavy atom. The fraction of sp³-hybridized carbons (Fsp3) is 0.100. The van der Waals surface area contributed by atoms with Gasteiger partial charge < -0.3 is 0 Å². The highest BCUT2D eigenvalue weighted by Gasteiger charge is 2.04. The Balaban J connectivity index is 2.04. The lowest BCUT2D eigenvalue weighted by molar-refractivity contribution is -0.384. The molecule has 0 aliphatic rings. The third-order valence-electron chi connectivity index (χ3n) is 1.98. The second-order valence-corrected chi connectivity index (χ2v) is 4.53.